The lowest BCUT2D eigenvalue weighted by Crippen LogP contribution is -2.40. The molecule has 152 valence electrons. The molecule has 0 saturated carbocycles. The van der Waals surface area contributed by atoms with E-state index in [0.717, 1.165) is 5.56 Å². The average Bonchev–Trinajstić information content (AvgIpc) is 2.71. The molecular formula is C21H20Cl2N2O3S. The molecule has 5 nitrogen and oxygen atoms in total. The zero-order valence-corrected chi connectivity index (χ0v) is 18.0. The standard InChI is InChI=1S/C21H20Cl2N2O3S/c22-18-11-19(23)13-20(12-18)29(27,28)25-9-7-17(8-10-25)21(26)6-5-15-1-3-16(14-24)4-2-15/h1-4,11-13,17H,5-10H2. The van der Waals surface area contributed by atoms with Crippen molar-refractivity contribution >= 4 is 39.0 Å². The Balaban J connectivity index is 1.56. The zero-order valence-electron chi connectivity index (χ0n) is 15.6. The number of carbonyl (C=O) groups is 1. The van der Waals surface area contributed by atoms with E-state index in [1.54, 1.807) is 12.1 Å². The maximum atomic E-state index is 12.8. The number of rotatable bonds is 6. The Bertz CT molecular complexity index is 1020. The predicted molar refractivity (Wildman–Crippen MR) is 112 cm³/mol. The van der Waals surface area contributed by atoms with Crippen molar-refractivity contribution in [1.82, 2.24) is 4.31 Å². The highest BCUT2D eigenvalue weighted by molar-refractivity contribution is 7.89. The molecule has 0 N–H and O–H groups in total. The Morgan fingerprint density at radius 1 is 1.07 bits per heavy atom. The van der Waals surface area contributed by atoms with Gasteiger partial charge in [-0.2, -0.15) is 9.57 Å². The van der Waals surface area contributed by atoms with E-state index in [1.807, 2.05) is 12.1 Å². The van der Waals surface area contributed by atoms with Gasteiger partial charge < -0.3 is 0 Å². The smallest absolute Gasteiger partial charge is 0.243 e. The van der Waals surface area contributed by atoms with Crippen LogP contribution >= 0.6 is 23.2 Å². The van der Waals surface area contributed by atoms with Crippen molar-refractivity contribution in [3.05, 3.63) is 63.6 Å². The van der Waals surface area contributed by atoms with Gasteiger partial charge in [0.1, 0.15) is 5.78 Å². The topological polar surface area (TPSA) is 78.2 Å². The molecule has 8 heteroatoms. The molecule has 0 radical (unpaired) electrons. The average molecular weight is 451 g/mol. The van der Waals surface area contributed by atoms with Crippen LogP contribution in [0.4, 0.5) is 0 Å². The number of nitrogens with zero attached hydrogens (tertiary/aromatic N) is 2. The van der Waals surface area contributed by atoms with Crippen LogP contribution in [0.3, 0.4) is 0 Å². The molecule has 0 unspecified atom stereocenters. The van der Waals surface area contributed by atoms with Crippen LogP contribution in [-0.4, -0.2) is 31.6 Å². The van der Waals surface area contributed by atoms with Crippen molar-refractivity contribution in [3.63, 3.8) is 0 Å². The van der Waals surface area contributed by atoms with Gasteiger partial charge in [-0.05, 0) is 55.2 Å². The van der Waals surface area contributed by atoms with Gasteiger partial charge in [0.25, 0.3) is 0 Å². The summed E-state index contributed by atoms with van der Waals surface area (Å²) in [4.78, 5) is 12.6. The second-order valence-electron chi connectivity index (χ2n) is 7.06. The molecule has 1 aliphatic rings. The number of piperidine rings is 1. The molecule has 1 aliphatic heterocycles. The van der Waals surface area contributed by atoms with Crippen LogP contribution in [0, 0.1) is 17.2 Å². The molecule has 2 aromatic rings. The van der Waals surface area contributed by atoms with Crippen molar-refractivity contribution in [1.29, 1.82) is 5.26 Å². The maximum absolute atomic E-state index is 12.8. The number of benzene rings is 2. The summed E-state index contributed by atoms with van der Waals surface area (Å²) in [5.41, 5.74) is 1.60. The third-order valence-corrected chi connectivity index (χ3v) is 7.44. The van der Waals surface area contributed by atoms with Crippen molar-refractivity contribution in [2.24, 2.45) is 5.92 Å². The van der Waals surface area contributed by atoms with Gasteiger partial charge in [-0.15, -0.1) is 0 Å². The molecule has 1 heterocycles. The van der Waals surface area contributed by atoms with Gasteiger partial charge in [-0.25, -0.2) is 8.42 Å². The van der Waals surface area contributed by atoms with Crippen LogP contribution in [0.25, 0.3) is 0 Å². The second-order valence-corrected chi connectivity index (χ2v) is 9.87. The summed E-state index contributed by atoms with van der Waals surface area (Å²) in [5.74, 6) is 0.0139. The minimum Gasteiger partial charge on any atom is -0.299 e. The third-order valence-electron chi connectivity index (χ3n) is 5.13. The summed E-state index contributed by atoms with van der Waals surface area (Å²) in [6.07, 6.45) is 2.02. The number of carbonyl (C=O) groups excluding carboxylic acids is 1. The summed E-state index contributed by atoms with van der Waals surface area (Å²) >= 11 is 11.9. The number of hydrogen-bond acceptors (Lipinski definition) is 4. The van der Waals surface area contributed by atoms with Gasteiger partial charge in [0.05, 0.1) is 16.5 Å². The molecule has 29 heavy (non-hydrogen) atoms. The number of nitriles is 1. The lowest BCUT2D eigenvalue weighted by Gasteiger charge is -2.30. The van der Waals surface area contributed by atoms with Crippen molar-refractivity contribution in [3.8, 4) is 6.07 Å². The first kappa shape index (κ1) is 21.8. The number of hydrogen-bond donors (Lipinski definition) is 0. The van der Waals surface area contributed by atoms with Crippen LogP contribution in [-0.2, 0) is 21.2 Å². The number of sulfonamides is 1. The van der Waals surface area contributed by atoms with E-state index >= 15 is 0 Å². The van der Waals surface area contributed by atoms with Crippen molar-refractivity contribution < 1.29 is 13.2 Å². The van der Waals surface area contributed by atoms with Gasteiger partial charge in [-0.1, -0.05) is 35.3 Å². The Hall–Kier alpha value is -1.91. The molecule has 1 saturated heterocycles. The highest BCUT2D eigenvalue weighted by Crippen LogP contribution is 2.28. The Labute approximate surface area is 180 Å². The Morgan fingerprint density at radius 2 is 1.66 bits per heavy atom. The van der Waals surface area contributed by atoms with Gasteiger partial charge in [-0.3, -0.25) is 4.79 Å². The minimum atomic E-state index is -3.69. The maximum Gasteiger partial charge on any atom is 0.243 e. The molecule has 0 atom stereocenters. The van der Waals surface area contributed by atoms with E-state index in [9.17, 15) is 13.2 Å². The molecule has 2 aromatic carbocycles. The highest BCUT2D eigenvalue weighted by atomic mass is 35.5. The number of ketones is 1. The molecule has 0 amide bonds. The summed E-state index contributed by atoms with van der Waals surface area (Å²) in [6.45, 7) is 0.583. The fourth-order valence-corrected chi connectivity index (χ4v) is 5.66. The number of Topliss-reactive ketones (excluding diaryl/α,β-unsaturated/α-hetero) is 1. The highest BCUT2D eigenvalue weighted by Gasteiger charge is 2.32. The van der Waals surface area contributed by atoms with E-state index < -0.39 is 10.0 Å². The van der Waals surface area contributed by atoms with Gasteiger partial charge in [0, 0.05) is 35.5 Å². The first-order valence-corrected chi connectivity index (χ1v) is 11.5. The predicted octanol–water partition coefficient (Wildman–Crippen LogP) is 4.47. The van der Waals surface area contributed by atoms with Crippen LogP contribution in [0.2, 0.25) is 10.0 Å². The van der Waals surface area contributed by atoms with E-state index in [-0.39, 0.29) is 26.6 Å². The second kappa shape index (κ2) is 9.27. The molecule has 0 aliphatic carbocycles. The Kier molecular flexibility index (Phi) is 6.97. The van der Waals surface area contributed by atoms with E-state index in [1.165, 1.54) is 22.5 Å². The number of aryl methyl sites for hydroxylation is 1. The fourth-order valence-electron chi connectivity index (χ4n) is 3.46. The van der Waals surface area contributed by atoms with E-state index in [0.29, 0.717) is 44.3 Å². The molecule has 3 rings (SSSR count). The largest absolute Gasteiger partial charge is 0.299 e. The SMILES string of the molecule is N#Cc1ccc(CCC(=O)C2CCN(S(=O)(=O)c3cc(Cl)cc(Cl)c3)CC2)cc1. The van der Waals surface area contributed by atoms with Crippen molar-refractivity contribution in [2.45, 2.75) is 30.6 Å². The van der Waals surface area contributed by atoms with Gasteiger partial charge in [0.2, 0.25) is 10.0 Å². The first-order chi connectivity index (χ1) is 13.8. The lowest BCUT2D eigenvalue weighted by molar-refractivity contribution is -0.123. The molecular weight excluding hydrogens is 431 g/mol. The van der Waals surface area contributed by atoms with Gasteiger partial charge >= 0.3 is 0 Å². The van der Waals surface area contributed by atoms with Crippen LogP contribution < -0.4 is 0 Å². The van der Waals surface area contributed by atoms with E-state index in [2.05, 4.69) is 6.07 Å². The fraction of sp³-hybridized carbons (Fsp3) is 0.333. The molecule has 1 fully saturated rings. The first-order valence-electron chi connectivity index (χ1n) is 9.27. The monoisotopic (exact) mass is 450 g/mol. The molecule has 0 bridgehead atoms. The molecule has 0 aromatic heterocycles. The van der Waals surface area contributed by atoms with Crippen LogP contribution in [0.1, 0.15) is 30.4 Å². The van der Waals surface area contributed by atoms with Crippen LogP contribution in [0.5, 0.6) is 0 Å². The normalized spacial score (nSPS) is 15.8. The quantitative estimate of drug-likeness (QED) is 0.650. The molecule has 0 spiro atoms. The summed E-state index contributed by atoms with van der Waals surface area (Å²) < 4.78 is 27.1. The minimum absolute atomic E-state index is 0.0700. The Morgan fingerprint density at radius 3 is 2.21 bits per heavy atom. The number of halogens is 2. The van der Waals surface area contributed by atoms with Crippen molar-refractivity contribution in [2.75, 3.05) is 13.1 Å². The lowest BCUT2D eigenvalue weighted by atomic mass is 9.90. The summed E-state index contributed by atoms with van der Waals surface area (Å²) in [6, 6.07) is 13.5. The van der Waals surface area contributed by atoms with E-state index in [4.69, 9.17) is 28.5 Å². The summed E-state index contributed by atoms with van der Waals surface area (Å²) in [5, 5.41) is 9.37. The summed E-state index contributed by atoms with van der Waals surface area (Å²) in [7, 11) is -3.69. The zero-order chi connectivity index (χ0) is 21.0. The van der Waals surface area contributed by atoms with Gasteiger partial charge in [0.15, 0.2) is 0 Å². The van der Waals surface area contributed by atoms with Crippen LogP contribution in [0.15, 0.2) is 47.4 Å². The third kappa shape index (κ3) is 5.37.